The summed E-state index contributed by atoms with van der Waals surface area (Å²) in [5, 5.41) is 10.8. The van der Waals surface area contributed by atoms with Crippen LogP contribution in [0.15, 0.2) is 24.3 Å². The Bertz CT molecular complexity index is 476. The summed E-state index contributed by atoms with van der Waals surface area (Å²) in [5.74, 6) is 3.42. The maximum absolute atomic E-state index is 10.8. The summed E-state index contributed by atoms with van der Waals surface area (Å²) in [4.78, 5) is 0. The molecule has 0 spiro atoms. The molecule has 1 aromatic rings. The van der Waals surface area contributed by atoms with Gasteiger partial charge in [0.05, 0.1) is 6.10 Å². The third-order valence-electron chi connectivity index (χ3n) is 6.31. The predicted molar refractivity (Wildman–Crippen MR) is 81.5 cm³/mol. The van der Waals surface area contributed by atoms with Gasteiger partial charge in [-0.1, -0.05) is 37.1 Å². The highest BCUT2D eigenvalue weighted by Crippen LogP contribution is 2.51. The summed E-state index contributed by atoms with van der Waals surface area (Å²) >= 11 is 0. The zero-order chi connectivity index (χ0) is 13.5. The van der Waals surface area contributed by atoms with Crippen LogP contribution in [0.25, 0.3) is 0 Å². The second-order valence-corrected chi connectivity index (χ2v) is 7.44. The monoisotopic (exact) mass is 270 g/mol. The number of aliphatic hydroxyl groups excluding tert-OH is 1. The number of rotatable bonds is 4. The summed E-state index contributed by atoms with van der Waals surface area (Å²) < 4.78 is 0. The molecule has 0 heterocycles. The maximum Gasteiger partial charge on any atom is 0.0795 e. The SMILES string of the molecule is OC(CC1CC2CCC1C2)c1ccccc1C1CCC1. The van der Waals surface area contributed by atoms with Gasteiger partial charge in [-0.15, -0.1) is 0 Å². The van der Waals surface area contributed by atoms with Gasteiger partial charge in [0.1, 0.15) is 0 Å². The fraction of sp³-hybridized carbons (Fsp3) is 0.684. The third kappa shape index (κ3) is 2.20. The summed E-state index contributed by atoms with van der Waals surface area (Å²) in [5.41, 5.74) is 2.68. The van der Waals surface area contributed by atoms with Crippen LogP contribution >= 0.6 is 0 Å². The lowest BCUT2D eigenvalue weighted by molar-refractivity contribution is 0.124. The van der Waals surface area contributed by atoms with E-state index < -0.39 is 0 Å². The first-order valence-electron chi connectivity index (χ1n) is 8.58. The Hall–Kier alpha value is -0.820. The highest BCUT2D eigenvalue weighted by molar-refractivity contribution is 5.33. The minimum absolute atomic E-state index is 0.226. The molecule has 4 rings (SSSR count). The molecular weight excluding hydrogens is 244 g/mol. The largest absolute Gasteiger partial charge is 0.388 e. The van der Waals surface area contributed by atoms with Gasteiger partial charge in [-0.3, -0.25) is 0 Å². The summed E-state index contributed by atoms with van der Waals surface area (Å²) in [6, 6.07) is 8.66. The zero-order valence-electron chi connectivity index (χ0n) is 12.3. The van der Waals surface area contributed by atoms with Crippen molar-refractivity contribution in [2.75, 3.05) is 0 Å². The van der Waals surface area contributed by atoms with E-state index in [1.165, 1.54) is 56.1 Å². The Morgan fingerprint density at radius 1 is 1.05 bits per heavy atom. The van der Waals surface area contributed by atoms with E-state index in [9.17, 15) is 5.11 Å². The van der Waals surface area contributed by atoms with Crippen LogP contribution in [0, 0.1) is 17.8 Å². The van der Waals surface area contributed by atoms with Crippen molar-refractivity contribution in [2.45, 2.75) is 63.4 Å². The van der Waals surface area contributed by atoms with Crippen molar-refractivity contribution in [1.29, 1.82) is 0 Å². The van der Waals surface area contributed by atoms with Gasteiger partial charge in [-0.05, 0) is 73.3 Å². The molecular formula is C19H26O. The number of fused-ring (bicyclic) bond motifs is 2. The van der Waals surface area contributed by atoms with E-state index in [1.54, 1.807) is 0 Å². The maximum atomic E-state index is 10.8. The van der Waals surface area contributed by atoms with Crippen LogP contribution in [-0.4, -0.2) is 5.11 Å². The van der Waals surface area contributed by atoms with E-state index in [1.807, 2.05) is 0 Å². The lowest BCUT2D eigenvalue weighted by Crippen LogP contribution is -2.17. The zero-order valence-corrected chi connectivity index (χ0v) is 12.3. The summed E-state index contributed by atoms with van der Waals surface area (Å²) in [6.45, 7) is 0. The quantitative estimate of drug-likeness (QED) is 0.832. The fourth-order valence-electron chi connectivity index (χ4n) is 4.98. The minimum atomic E-state index is -0.226. The van der Waals surface area contributed by atoms with Crippen molar-refractivity contribution in [3.8, 4) is 0 Å². The van der Waals surface area contributed by atoms with E-state index in [0.717, 1.165) is 30.1 Å². The lowest BCUT2D eigenvalue weighted by atomic mass is 9.76. The molecule has 108 valence electrons. The van der Waals surface area contributed by atoms with Crippen molar-refractivity contribution in [3.05, 3.63) is 35.4 Å². The first-order valence-corrected chi connectivity index (χ1v) is 8.58. The van der Waals surface area contributed by atoms with Crippen LogP contribution in [0.2, 0.25) is 0 Å². The summed E-state index contributed by atoms with van der Waals surface area (Å²) in [7, 11) is 0. The Morgan fingerprint density at radius 3 is 2.55 bits per heavy atom. The van der Waals surface area contributed by atoms with Crippen molar-refractivity contribution >= 4 is 0 Å². The number of hydrogen-bond donors (Lipinski definition) is 1. The first kappa shape index (κ1) is 12.9. The van der Waals surface area contributed by atoms with Crippen LogP contribution in [0.4, 0.5) is 0 Å². The number of benzene rings is 1. The molecule has 0 radical (unpaired) electrons. The number of aliphatic hydroxyl groups is 1. The molecule has 1 heteroatoms. The molecule has 3 aliphatic rings. The highest BCUT2D eigenvalue weighted by atomic mass is 16.3. The van der Waals surface area contributed by atoms with Crippen molar-refractivity contribution in [3.63, 3.8) is 0 Å². The van der Waals surface area contributed by atoms with Gasteiger partial charge in [0.25, 0.3) is 0 Å². The Balaban J connectivity index is 1.49. The van der Waals surface area contributed by atoms with Gasteiger partial charge < -0.3 is 5.11 Å². The van der Waals surface area contributed by atoms with Crippen LogP contribution < -0.4 is 0 Å². The molecule has 3 fully saturated rings. The smallest absolute Gasteiger partial charge is 0.0795 e. The van der Waals surface area contributed by atoms with Gasteiger partial charge in [0.2, 0.25) is 0 Å². The van der Waals surface area contributed by atoms with Crippen LogP contribution in [0.3, 0.4) is 0 Å². The molecule has 0 amide bonds. The molecule has 20 heavy (non-hydrogen) atoms. The van der Waals surface area contributed by atoms with Crippen molar-refractivity contribution in [1.82, 2.24) is 0 Å². The molecule has 1 aromatic carbocycles. The second kappa shape index (κ2) is 5.18. The second-order valence-electron chi connectivity index (χ2n) is 7.44. The van der Waals surface area contributed by atoms with Crippen LogP contribution in [0.1, 0.15) is 74.5 Å². The standard InChI is InChI=1S/C19H26O/c20-19(12-16-11-13-8-9-15(16)10-13)18-7-2-1-6-17(18)14-4-3-5-14/h1-2,6-7,13-16,19-20H,3-5,8-12H2. The van der Waals surface area contributed by atoms with E-state index >= 15 is 0 Å². The Labute approximate surface area is 122 Å². The molecule has 4 atom stereocenters. The van der Waals surface area contributed by atoms with Gasteiger partial charge in [-0.2, -0.15) is 0 Å². The molecule has 2 bridgehead atoms. The van der Waals surface area contributed by atoms with Gasteiger partial charge in [0.15, 0.2) is 0 Å². The number of hydrogen-bond acceptors (Lipinski definition) is 1. The first-order chi connectivity index (χ1) is 9.81. The van der Waals surface area contributed by atoms with E-state index in [2.05, 4.69) is 24.3 Å². The lowest BCUT2D eigenvalue weighted by Gasteiger charge is -2.30. The van der Waals surface area contributed by atoms with Crippen LogP contribution in [-0.2, 0) is 0 Å². The van der Waals surface area contributed by atoms with Gasteiger partial charge in [0, 0.05) is 0 Å². The molecule has 0 saturated heterocycles. The predicted octanol–water partition coefficient (Wildman–Crippen LogP) is 4.81. The Kier molecular flexibility index (Phi) is 3.34. The fourth-order valence-corrected chi connectivity index (χ4v) is 4.98. The topological polar surface area (TPSA) is 20.2 Å². The van der Waals surface area contributed by atoms with Gasteiger partial charge in [-0.25, -0.2) is 0 Å². The average Bonchev–Trinajstić information content (AvgIpc) is 2.99. The average molecular weight is 270 g/mol. The molecule has 4 unspecified atom stereocenters. The molecule has 3 saturated carbocycles. The van der Waals surface area contributed by atoms with E-state index in [-0.39, 0.29) is 6.10 Å². The molecule has 1 N–H and O–H groups in total. The molecule has 0 aliphatic heterocycles. The minimum Gasteiger partial charge on any atom is -0.388 e. The molecule has 3 aliphatic carbocycles. The third-order valence-corrected chi connectivity index (χ3v) is 6.31. The van der Waals surface area contributed by atoms with E-state index in [4.69, 9.17) is 0 Å². The molecule has 0 aromatic heterocycles. The normalized spacial score (nSPS) is 34.1. The highest BCUT2D eigenvalue weighted by Gasteiger charge is 2.40. The van der Waals surface area contributed by atoms with E-state index in [0.29, 0.717) is 0 Å². The molecule has 1 nitrogen and oxygen atoms in total. The summed E-state index contributed by atoms with van der Waals surface area (Å²) in [6.07, 6.45) is 10.5. The van der Waals surface area contributed by atoms with Crippen molar-refractivity contribution < 1.29 is 5.11 Å². The van der Waals surface area contributed by atoms with Crippen molar-refractivity contribution in [2.24, 2.45) is 17.8 Å². The van der Waals surface area contributed by atoms with Gasteiger partial charge >= 0.3 is 0 Å². The Morgan fingerprint density at radius 2 is 1.90 bits per heavy atom. The van der Waals surface area contributed by atoms with Crippen LogP contribution in [0.5, 0.6) is 0 Å².